The summed E-state index contributed by atoms with van der Waals surface area (Å²) < 4.78 is 23.9. The number of hydrogen-bond donors (Lipinski definition) is 2. The van der Waals surface area contributed by atoms with E-state index in [2.05, 4.69) is 9.32 Å². The molecule has 1 atom stereocenters. The maximum atomic E-state index is 10.00. The highest BCUT2D eigenvalue weighted by Crippen LogP contribution is 1.94. The molecule has 0 aromatic carbocycles. The van der Waals surface area contributed by atoms with Gasteiger partial charge in [0, 0.05) is 0 Å². The van der Waals surface area contributed by atoms with Gasteiger partial charge in [-0.15, -0.1) is 0 Å². The molecule has 0 radical (unpaired) electrons. The summed E-state index contributed by atoms with van der Waals surface area (Å²) in [5, 5.41) is 12.9. The Bertz CT molecular complexity index is 163. The van der Waals surface area contributed by atoms with E-state index in [-0.39, 0.29) is 6.42 Å². The second-order valence-electron chi connectivity index (χ2n) is 1.45. The summed E-state index contributed by atoms with van der Waals surface area (Å²) in [4.78, 5) is 0. The molecule has 0 bridgehead atoms. The summed E-state index contributed by atoms with van der Waals surface area (Å²) in [5.74, 6) is 0. The predicted molar refractivity (Wildman–Crippen MR) is 30.5 cm³/mol. The van der Waals surface area contributed by atoms with Gasteiger partial charge in [-0.3, -0.25) is 0 Å². The normalized spacial score (nSPS) is 15.4. The Morgan fingerprint density at radius 3 is 2.33 bits per heavy atom. The van der Waals surface area contributed by atoms with Crippen molar-refractivity contribution in [3.05, 3.63) is 0 Å². The van der Waals surface area contributed by atoms with Gasteiger partial charge in [0.1, 0.15) is 0 Å². The lowest BCUT2D eigenvalue weighted by molar-refractivity contribution is -0.0136. The van der Waals surface area contributed by atoms with Gasteiger partial charge in [0.05, 0.1) is 0 Å². The Kier molecular flexibility index (Phi) is 3.06. The van der Waals surface area contributed by atoms with Crippen molar-refractivity contribution in [3.63, 3.8) is 0 Å². The Morgan fingerprint density at radius 2 is 2.22 bits per heavy atom. The number of aliphatic hydroxyl groups excluding tert-OH is 1. The van der Waals surface area contributed by atoms with Gasteiger partial charge in [0.2, 0.25) is 0 Å². The third-order valence-corrected chi connectivity index (χ3v) is 1.08. The van der Waals surface area contributed by atoms with Crippen molar-refractivity contribution < 1.29 is 17.7 Å². The number of aliphatic hydroxyl groups is 1. The van der Waals surface area contributed by atoms with Crippen LogP contribution in [0, 0.1) is 0 Å². The summed E-state index contributed by atoms with van der Waals surface area (Å²) in [6.07, 6.45) is -1.13. The average molecular weight is 155 g/mol. The quantitative estimate of drug-likeness (QED) is 0.508. The van der Waals surface area contributed by atoms with Crippen molar-refractivity contribution >= 4 is 10.3 Å². The monoisotopic (exact) mass is 155 g/mol. The zero-order valence-corrected chi connectivity index (χ0v) is 5.76. The molecule has 0 aliphatic carbocycles. The zero-order valence-electron chi connectivity index (χ0n) is 4.94. The zero-order chi connectivity index (χ0) is 7.49. The van der Waals surface area contributed by atoms with Crippen LogP contribution >= 0.6 is 0 Å². The first-order chi connectivity index (χ1) is 3.95. The van der Waals surface area contributed by atoms with E-state index >= 15 is 0 Å². The summed E-state index contributed by atoms with van der Waals surface area (Å²) in [7, 11) is -3.99. The lowest BCUT2D eigenvalue weighted by Gasteiger charge is -2.04. The van der Waals surface area contributed by atoms with Crippen LogP contribution in [0.15, 0.2) is 0 Å². The van der Waals surface area contributed by atoms with Crippen molar-refractivity contribution in [3.8, 4) is 0 Å². The molecule has 0 aromatic rings. The van der Waals surface area contributed by atoms with E-state index in [0.29, 0.717) is 0 Å². The first-order valence-corrected chi connectivity index (χ1v) is 3.82. The van der Waals surface area contributed by atoms with E-state index in [0.717, 1.165) is 0 Å². The highest BCUT2D eigenvalue weighted by molar-refractivity contribution is 7.84. The third-order valence-electron chi connectivity index (χ3n) is 0.594. The van der Waals surface area contributed by atoms with Gasteiger partial charge >= 0.3 is 10.3 Å². The summed E-state index contributed by atoms with van der Waals surface area (Å²) in [6.45, 7) is 1.57. The van der Waals surface area contributed by atoms with Crippen molar-refractivity contribution in [2.24, 2.45) is 5.14 Å². The van der Waals surface area contributed by atoms with Gasteiger partial charge in [0.15, 0.2) is 6.29 Å². The molecular weight excluding hydrogens is 146 g/mol. The van der Waals surface area contributed by atoms with Gasteiger partial charge < -0.3 is 5.11 Å². The molecule has 0 saturated heterocycles. The second kappa shape index (κ2) is 3.11. The smallest absolute Gasteiger partial charge is 0.335 e. The molecule has 0 aromatic heterocycles. The van der Waals surface area contributed by atoms with Crippen molar-refractivity contribution in [2.45, 2.75) is 19.6 Å². The summed E-state index contributed by atoms with van der Waals surface area (Å²) in [6, 6.07) is 0. The summed E-state index contributed by atoms with van der Waals surface area (Å²) >= 11 is 0. The first kappa shape index (κ1) is 8.83. The van der Waals surface area contributed by atoms with E-state index < -0.39 is 16.6 Å². The largest absolute Gasteiger partial charge is 0.367 e. The SMILES string of the molecule is CCC(O)OS(N)(=O)=O. The van der Waals surface area contributed by atoms with Crippen LogP contribution in [0.1, 0.15) is 13.3 Å². The van der Waals surface area contributed by atoms with Crippen LogP contribution in [0.2, 0.25) is 0 Å². The molecule has 3 N–H and O–H groups in total. The van der Waals surface area contributed by atoms with Crippen molar-refractivity contribution in [1.29, 1.82) is 0 Å². The second-order valence-corrected chi connectivity index (χ2v) is 2.63. The van der Waals surface area contributed by atoms with Gasteiger partial charge in [-0.25, -0.2) is 9.32 Å². The number of nitrogens with two attached hydrogens (primary N) is 1. The molecule has 9 heavy (non-hydrogen) atoms. The summed E-state index contributed by atoms with van der Waals surface area (Å²) in [5.41, 5.74) is 0. The molecule has 0 aliphatic heterocycles. The van der Waals surface area contributed by atoms with Gasteiger partial charge in [-0.05, 0) is 6.42 Å². The minimum Gasteiger partial charge on any atom is -0.367 e. The molecule has 0 spiro atoms. The molecule has 0 heterocycles. The van der Waals surface area contributed by atoms with Gasteiger partial charge in [-0.2, -0.15) is 8.42 Å². The molecule has 0 rings (SSSR count). The molecular formula is C3H9NO4S. The minimum absolute atomic E-state index is 0.191. The maximum absolute atomic E-state index is 10.00. The van der Waals surface area contributed by atoms with E-state index in [1.807, 2.05) is 0 Å². The Hall–Kier alpha value is -0.170. The van der Waals surface area contributed by atoms with E-state index in [1.165, 1.54) is 0 Å². The van der Waals surface area contributed by atoms with Crippen LogP contribution < -0.4 is 5.14 Å². The van der Waals surface area contributed by atoms with Crippen molar-refractivity contribution in [2.75, 3.05) is 0 Å². The Morgan fingerprint density at radius 1 is 1.78 bits per heavy atom. The highest BCUT2D eigenvalue weighted by Gasteiger charge is 2.08. The molecule has 0 fully saturated rings. The molecule has 56 valence electrons. The fraction of sp³-hybridized carbons (Fsp3) is 1.00. The van der Waals surface area contributed by atoms with Crippen LogP contribution in [0.25, 0.3) is 0 Å². The van der Waals surface area contributed by atoms with Gasteiger partial charge in [-0.1, -0.05) is 6.92 Å². The molecule has 6 heteroatoms. The Labute approximate surface area is 53.7 Å². The number of rotatable bonds is 3. The fourth-order valence-corrected chi connectivity index (χ4v) is 0.669. The van der Waals surface area contributed by atoms with Crippen LogP contribution in [0.5, 0.6) is 0 Å². The highest BCUT2D eigenvalue weighted by atomic mass is 32.2. The topological polar surface area (TPSA) is 89.6 Å². The lowest BCUT2D eigenvalue weighted by atomic mass is 10.5. The van der Waals surface area contributed by atoms with E-state index in [4.69, 9.17) is 5.11 Å². The third kappa shape index (κ3) is 5.71. The van der Waals surface area contributed by atoms with E-state index in [9.17, 15) is 8.42 Å². The van der Waals surface area contributed by atoms with E-state index in [1.54, 1.807) is 6.92 Å². The molecule has 0 amide bonds. The first-order valence-electron chi connectivity index (χ1n) is 2.34. The van der Waals surface area contributed by atoms with Crippen LogP contribution in [0.4, 0.5) is 0 Å². The molecule has 0 saturated carbocycles. The van der Waals surface area contributed by atoms with Crippen LogP contribution in [0.3, 0.4) is 0 Å². The predicted octanol–water partition coefficient (Wildman–Crippen LogP) is -1.07. The van der Waals surface area contributed by atoms with Crippen LogP contribution in [-0.4, -0.2) is 19.8 Å². The van der Waals surface area contributed by atoms with Crippen molar-refractivity contribution in [1.82, 2.24) is 0 Å². The standard InChI is InChI=1S/C3H9NO4S/c1-2-3(5)8-9(4,6)7/h3,5H,2H2,1H3,(H2,4,6,7). The maximum Gasteiger partial charge on any atom is 0.335 e. The minimum atomic E-state index is -3.99. The fourth-order valence-electron chi connectivity index (χ4n) is 0.223. The number of hydrogen-bond acceptors (Lipinski definition) is 4. The average Bonchev–Trinajstić information content (AvgIpc) is 1.62. The van der Waals surface area contributed by atoms with Gasteiger partial charge in [0.25, 0.3) is 0 Å². The Balaban J connectivity index is 3.75. The molecule has 0 aliphatic rings. The lowest BCUT2D eigenvalue weighted by Crippen LogP contribution is -2.23. The molecule has 5 nitrogen and oxygen atoms in total. The van der Waals surface area contributed by atoms with Crippen LogP contribution in [-0.2, 0) is 14.5 Å². The molecule has 1 unspecified atom stereocenters.